The van der Waals surface area contributed by atoms with Crippen LogP contribution in [0, 0.1) is 26.7 Å². The van der Waals surface area contributed by atoms with Gasteiger partial charge in [0.15, 0.2) is 0 Å². The maximum Gasteiger partial charge on any atom is 0.408 e. The lowest BCUT2D eigenvalue weighted by Gasteiger charge is -2.36. The smallest absolute Gasteiger partial charge is 0.408 e. The van der Waals surface area contributed by atoms with Gasteiger partial charge in [0.05, 0.1) is 0 Å². The first kappa shape index (κ1) is 35.8. The summed E-state index contributed by atoms with van der Waals surface area (Å²) in [6, 6.07) is 11.9. The molecule has 2 aromatic rings. The zero-order valence-corrected chi connectivity index (χ0v) is 28.0. The molecule has 7 heteroatoms. The first-order chi connectivity index (χ1) is 20.2. The summed E-state index contributed by atoms with van der Waals surface area (Å²) in [6.07, 6.45) is 6.06. The number of ether oxygens (including phenoxy) is 1. The summed E-state index contributed by atoms with van der Waals surface area (Å²) >= 11 is 0. The molecule has 238 valence electrons. The zero-order valence-electron chi connectivity index (χ0n) is 28.0. The van der Waals surface area contributed by atoms with E-state index >= 15 is 0 Å². The predicted octanol–water partition coefficient (Wildman–Crippen LogP) is 8.42. The molecule has 0 aromatic heterocycles. The number of alkyl carbamates (subject to hydrolysis) is 1. The summed E-state index contributed by atoms with van der Waals surface area (Å²) < 4.78 is 5.54. The van der Waals surface area contributed by atoms with Gasteiger partial charge in [-0.2, -0.15) is 0 Å². The average molecular weight is 594 g/mol. The van der Waals surface area contributed by atoms with Gasteiger partial charge in [0.1, 0.15) is 17.7 Å². The molecule has 2 rings (SSSR count). The van der Waals surface area contributed by atoms with Crippen LogP contribution in [-0.4, -0.2) is 41.0 Å². The minimum absolute atomic E-state index is 0.124. The lowest BCUT2D eigenvalue weighted by atomic mass is 9.92. The molecular formula is C36H55N3O4. The summed E-state index contributed by atoms with van der Waals surface area (Å²) in [7, 11) is 0. The number of nitrogens with one attached hydrogen (secondary N) is 2. The highest BCUT2D eigenvalue weighted by Crippen LogP contribution is 2.31. The van der Waals surface area contributed by atoms with Crippen LogP contribution >= 0.6 is 0 Å². The molecule has 0 saturated carbocycles. The van der Waals surface area contributed by atoms with Crippen LogP contribution in [0.4, 0.5) is 10.5 Å². The molecule has 0 saturated heterocycles. The zero-order chi connectivity index (χ0) is 32.2. The summed E-state index contributed by atoms with van der Waals surface area (Å²) in [5, 5.41) is 5.98. The highest BCUT2D eigenvalue weighted by molar-refractivity contribution is 5.99. The number of benzene rings is 2. The predicted molar refractivity (Wildman–Crippen MR) is 176 cm³/mol. The fraction of sp³-hybridized carbons (Fsp3) is 0.583. The van der Waals surface area contributed by atoms with Gasteiger partial charge in [-0.1, -0.05) is 89.3 Å². The molecule has 2 unspecified atom stereocenters. The topological polar surface area (TPSA) is 87.7 Å². The largest absolute Gasteiger partial charge is 0.444 e. The van der Waals surface area contributed by atoms with Crippen LogP contribution < -0.4 is 10.6 Å². The van der Waals surface area contributed by atoms with Crippen molar-refractivity contribution in [2.75, 3.05) is 11.9 Å². The maximum atomic E-state index is 14.6. The Bertz CT molecular complexity index is 1180. The first-order valence-corrected chi connectivity index (χ1v) is 16.0. The molecule has 43 heavy (non-hydrogen) atoms. The molecule has 0 fully saturated rings. The Balaban J connectivity index is 2.59. The van der Waals surface area contributed by atoms with Crippen molar-refractivity contribution < 1.29 is 19.1 Å². The molecule has 0 spiro atoms. The summed E-state index contributed by atoms with van der Waals surface area (Å²) in [5.41, 5.74) is 3.63. The molecule has 0 bridgehead atoms. The van der Waals surface area contributed by atoms with Gasteiger partial charge >= 0.3 is 6.09 Å². The Morgan fingerprint density at radius 2 is 1.42 bits per heavy atom. The average Bonchev–Trinajstić information content (AvgIpc) is 2.90. The van der Waals surface area contributed by atoms with E-state index in [9.17, 15) is 14.4 Å². The molecule has 2 aromatic carbocycles. The number of para-hydroxylation sites is 1. The van der Waals surface area contributed by atoms with E-state index in [0.717, 1.165) is 54.4 Å². The number of anilines is 1. The minimum Gasteiger partial charge on any atom is -0.444 e. The third kappa shape index (κ3) is 11.7. The van der Waals surface area contributed by atoms with Crippen LogP contribution in [0.1, 0.15) is 115 Å². The second-order valence-corrected chi connectivity index (χ2v) is 13.1. The number of carbonyl (C=O) groups excluding carboxylic acids is 3. The van der Waals surface area contributed by atoms with E-state index in [-0.39, 0.29) is 17.7 Å². The number of hydrogen-bond acceptors (Lipinski definition) is 4. The Morgan fingerprint density at radius 3 is 2.00 bits per heavy atom. The van der Waals surface area contributed by atoms with Crippen molar-refractivity contribution in [2.24, 2.45) is 5.92 Å². The fourth-order valence-electron chi connectivity index (χ4n) is 5.37. The molecule has 0 radical (unpaired) electrons. The van der Waals surface area contributed by atoms with Crippen LogP contribution in [0.25, 0.3) is 0 Å². The molecule has 0 aliphatic heterocycles. The first-order valence-electron chi connectivity index (χ1n) is 16.0. The van der Waals surface area contributed by atoms with Crippen LogP contribution in [0.2, 0.25) is 0 Å². The third-order valence-corrected chi connectivity index (χ3v) is 7.51. The van der Waals surface area contributed by atoms with Gasteiger partial charge in [0.2, 0.25) is 5.91 Å². The van der Waals surface area contributed by atoms with Crippen molar-refractivity contribution in [1.29, 1.82) is 0 Å². The second-order valence-electron chi connectivity index (χ2n) is 13.1. The number of aryl methyl sites for hydroxylation is 3. The second kappa shape index (κ2) is 17.1. The van der Waals surface area contributed by atoms with Gasteiger partial charge in [0, 0.05) is 12.2 Å². The summed E-state index contributed by atoms with van der Waals surface area (Å²) in [4.78, 5) is 43.5. The lowest BCUT2D eigenvalue weighted by Crippen LogP contribution is -2.53. The Morgan fingerprint density at radius 1 is 0.837 bits per heavy atom. The van der Waals surface area contributed by atoms with Gasteiger partial charge in [-0.25, -0.2) is 4.79 Å². The highest BCUT2D eigenvalue weighted by atomic mass is 16.6. The van der Waals surface area contributed by atoms with Crippen molar-refractivity contribution in [2.45, 2.75) is 125 Å². The molecular weight excluding hydrogens is 538 g/mol. The standard InChI is InChI=1S/C36H55N3O4/c1-10-11-12-13-14-17-23-39(34(41)30(24-25(2)3)38-35(42)43-36(7,8)9)32(31-27(5)20-18-21-28(31)6)33(40)37-29-22-16-15-19-26(29)4/h15-16,18-22,25,30,32H,10-14,17,23-24H2,1-9H3,(H,37,40)(H,38,42). The van der Waals surface area contributed by atoms with E-state index in [1.807, 2.05) is 77.1 Å². The monoisotopic (exact) mass is 593 g/mol. The molecule has 7 nitrogen and oxygen atoms in total. The summed E-state index contributed by atoms with van der Waals surface area (Å²) in [5.74, 6) is -0.425. The van der Waals surface area contributed by atoms with Crippen LogP contribution in [0.5, 0.6) is 0 Å². The number of amides is 3. The van der Waals surface area contributed by atoms with Crippen molar-refractivity contribution >= 4 is 23.6 Å². The van der Waals surface area contributed by atoms with E-state index in [4.69, 9.17) is 4.74 Å². The number of nitrogens with zero attached hydrogens (tertiary/aromatic N) is 1. The molecule has 3 amide bonds. The summed E-state index contributed by atoms with van der Waals surface area (Å²) in [6.45, 7) is 17.9. The van der Waals surface area contributed by atoms with Gasteiger partial charge in [-0.05, 0) is 88.6 Å². The van der Waals surface area contributed by atoms with Crippen LogP contribution in [0.3, 0.4) is 0 Å². The third-order valence-electron chi connectivity index (χ3n) is 7.51. The molecule has 2 atom stereocenters. The van der Waals surface area contributed by atoms with E-state index in [1.54, 1.807) is 25.7 Å². The van der Waals surface area contributed by atoms with E-state index < -0.39 is 23.8 Å². The van der Waals surface area contributed by atoms with E-state index in [1.165, 1.54) is 6.42 Å². The quantitative estimate of drug-likeness (QED) is 0.203. The van der Waals surface area contributed by atoms with Gasteiger partial charge in [-0.15, -0.1) is 0 Å². The molecule has 2 N–H and O–H groups in total. The highest BCUT2D eigenvalue weighted by Gasteiger charge is 2.37. The molecule has 0 aliphatic rings. The Hall–Kier alpha value is -3.35. The van der Waals surface area contributed by atoms with Gasteiger partial charge in [-0.3, -0.25) is 9.59 Å². The number of unbranched alkanes of at least 4 members (excludes halogenated alkanes) is 5. The van der Waals surface area contributed by atoms with E-state index in [0.29, 0.717) is 18.7 Å². The normalized spacial score (nSPS) is 12.9. The van der Waals surface area contributed by atoms with Crippen molar-refractivity contribution in [1.82, 2.24) is 10.2 Å². The van der Waals surface area contributed by atoms with Crippen LogP contribution in [0.15, 0.2) is 42.5 Å². The van der Waals surface area contributed by atoms with Gasteiger partial charge in [0.25, 0.3) is 5.91 Å². The van der Waals surface area contributed by atoms with Crippen LogP contribution in [-0.2, 0) is 14.3 Å². The molecule has 0 heterocycles. The Labute approximate surface area is 260 Å². The number of carbonyl (C=O) groups is 3. The fourth-order valence-corrected chi connectivity index (χ4v) is 5.37. The maximum absolute atomic E-state index is 14.6. The van der Waals surface area contributed by atoms with E-state index in [2.05, 4.69) is 17.6 Å². The number of hydrogen-bond donors (Lipinski definition) is 2. The SMILES string of the molecule is CCCCCCCCN(C(=O)C(CC(C)C)NC(=O)OC(C)(C)C)C(C(=O)Nc1ccccc1C)c1c(C)cccc1C. The Kier molecular flexibility index (Phi) is 14.2. The number of rotatable bonds is 15. The van der Waals surface area contributed by atoms with Crippen molar-refractivity contribution in [3.63, 3.8) is 0 Å². The van der Waals surface area contributed by atoms with Crippen molar-refractivity contribution in [3.8, 4) is 0 Å². The molecule has 0 aliphatic carbocycles. The minimum atomic E-state index is -0.876. The lowest BCUT2D eigenvalue weighted by molar-refractivity contribution is -0.141. The van der Waals surface area contributed by atoms with Crippen molar-refractivity contribution in [3.05, 3.63) is 64.7 Å². The van der Waals surface area contributed by atoms with Gasteiger partial charge < -0.3 is 20.3 Å².